The highest BCUT2D eigenvalue weighted by molar-refractivity contribution is 5.73. The number of rotatable bonds is 9. The average Bonchev–Trinajstić information content (AvgIpc) is 2.39. The third-order valence-electron chi connectivity index (χ3n) is 2.73. The monoisotopic (exact) mass is 283 g/mol. The average molecular weight is 283 g/mol. The van der Waals surface area contributed by atoms with Crippen molar-refractivity contribution in [1.82, 2.24) is 0 Å². The molecule has 5 N–H and O–H groups in total. The van der Waals surface area contributed by atoms with E-state index < -0.39 is 5.82 Å². The van der Waals surface area contributed by atoms with Crippen molar-refractivity contribution in [2.45, 2.75) is 32.6 Å². The second-order valence-electron chi connectivity index (χ2n) is 4.57. The number of hydrogen-bond acceptors (Lipinski definition) is 4. The normalized spacial score (nSPS) is 10.3. The van der Waals surface area contributed by atoms with E-state index in [9.17, 15) is 9.18 Å². The van der Waals surface area contributed by atoms with E-state index >= 15 is 0 Å². The van der Waals surface area contributed by atoms with Crippen LogP contribution < -0.4 is 21.5 Å². The minimum Gasteiger partial charge on any atom is -0.490 e. The van der Waals surface area contributed by atoms with Crippen LogP contribution in [0, 0.1) is 5.82 Å². The molecular formula is C14H22FN3O2. The molecule has 0 aliphatic heterocycles. The molecule has 1 aromatic carbocycles. The van der Waals surface area contributed by atoms with Crippen molar-refractivity contribution in [2.75, 3.05) is 24.2 Å². The fraction of sp³-hybridized carbons (Fsp3) is 0.500. The summed E-state index contributed by atoms with van der Waals surface area (Å²) in [5.74, 6) is -0.572. The van der Waals surface area contributed by atoms with Gasteiger partial charge in [-0.05, 0) is 19.3 Å². The van der Waals surface area contributed by atoms with E-state index in [4.69, 9.17) is 16.2 Å². The smallest absolute Gasteiger partial charge is 0.217 e. The number of primary amides is 1. The van der Waals surface area contributed by atoms with E-state index in [-0.39, 0.29) is 11.7 Å². The van der Waals surface area contributed by atoms with Gasteiger partial charge >= 0.3 is 0 Å². The Hall–Kier alpha value is -1.98. The van der Waals surface area contributed by atoms with Gasteiger partial charge in [0, 0.05) is 25.1 Å². The predicted octanol–water partition coefficient (Wildman–Crippen LogP) is 2.26. The van der Waals surface area contributed by atoms with Gasteiger partial charge in [-0.15, -0.1) is 0 Å². The molecule has 0 unspecified atom stereocenters. The van der Waals surface area contributed by atoms with Crippen LogP contribution in [0.4, 0.5) is 15.8 Å². The lowest BCUT2D eigenvalue weighted by atomic mass is 10.2. The summed E-state index contributed by atoms with van der Waals surface area (Å²) in [5, 5.41) is 3.11. The Bertz CT molecular complexity index is 452. The first-order chi connectivity index (χ1) is 9.54. The third kappa shape index (κ3) is 5.34. The molecule has 0 aliphatic carbocycles. The molecule has 0 radical (unpaired) electrons. The molecule has 1 aromatic rings. The second-order valence-corrected chi connectivity index (χ2v) is 4.57. The maximum Gasteiger partial charge on any atom is 0.217 e. The first-order valence-electron chi connectivity index (χ1n) is 6.78. The van der Waals surface area contributed by atoms with Crippen molar-refractivity contribution in [1.29, 1.82) is 0 Å². The Labute approximate surface area is 118 Å². The summed E-state index contributed by atoms with van der Waals surface area (Å²) in [6.07, 6.45) is 2.67. The van der Waals surface area contributed by atoms with Crippen molar-refractivity contribution >= 4 is 17.3 Å². The van der Waals surface area contributed by atoms with Crippen LogP contribution in [0.15, 0.2) is 12.1 Å². The van der Waals surface area contributed by atoms with Crippen molar-refractivity contribution in [3.8, 4) is 5.75 Å². The Balaban J connectivity index is 2.53. The molecule has 0 atom stereocenters. The van der Waals surface area contributed by atoms with Crippen LogP contribution in [0.5, 0.6) is 5.75 Å². The Morgan fingerprint density at radius 1 is 1.40 bits per heavy atom. The highest BCUT2D eigenvalue weighted by Crippen LogP contribution is 2.28. The van der Waals surface area contributed by atoms with Crippen molar-refractivity contribution < 1.29 is 13.9 Å². The highest BCUT2D eigenvalue weighted by atomic mass is 19.1. The van der Waals surface area contributed by atoms with Crippen LogP contribution in [0.1, 0.15) is 32.6 Å². The van der Waals surface area contributed by atoms with E-state index in [0.29, 0.717) is 37.4 Å². The van der Waals surface area contributed by atoms with Gasteiger partial charge in [0.15, 0.2) is 11.6 Å². The summed E-state index contributed by atoms with van der Waals surface area (Å²) in [5.41, 5.74) is 11.8. The number of benzene rings is 1. The zero-order chi connectivity index (χ0) is 15.0. The lowest BCUT2D eigenvalue weighted by Crippen LogP contribution is -2.11. The van der Waals surface area contributed by atoms with Crippen LogP contribution in [-0.2, 0) is 4.79 Å². The summed E-state index contributed by atoms with van der Waals surface area (Å²) < 4.78 is 18.9. The van der Waals surface area contributed by atoms with E-state index in [1.165, 1.54) is 6.07 Å². The molecule has 0 spiro atoms. The van der Waals surface area contributed by atoms with Gasteiger partial charge in [0.25, 0.3) is 0 Å². The van der Waals surface area contributed by atoms with Crippen LogP contribution in [-0.4, -0.2) is 19.1 Å². The van der Waals surface area contributed by atoms with Gasteiger partial charge in [-0.2, -0.15) is 0 Å². The number of carbonyl (C=O) groups is 1. The number of nitrogens with one attached hydrogen (secondary N) is 1. The summed E-state index contributed by atoms with van der Waals surface area (Å²) in [4.78, 5) is 10.6. The highest BCUT2D eigenvalue weighted by Gasteiger charge is 2.08. The molecule has 0 saturated carbocycles. The van der Waals surface area contributed by atoms with Gasteiger partial charge in [-0.1, -0.05) is 6.92 Å². The number of amides is 1. The van der Waals surface area contributed by atoms with Crippen LogP contribution in [0.25, 0.3) is 0 Å². The summed E-state index contributed by atoms with van der Waals surface area (Å²) >= 11 is 0. The fourth-order valence-electron chi connectivity index (χ4n) is 1.69. The summed E-state index contributed by atoms with van der Waals surface area (Å²) in [6, 6.07) is 2.81. The topological polar surface area (TPSA) is 90.4 Å². The zero-order valence-electron chi connectivity index (χ0n) is 11.7. The lowest BCUT2D eigenvalue weighted by molar-refractivity contribution is -0.118. The van der Waals surface area contributed by atoms with E-state index in [2.05, 4.69) is 5.32 Å². The molecule has 0 aliphatic rings. The molecule has 0 heterocycles. The zero-order valence-corrected chi connectivity index (χ0v) is 11.7. The molecule has 5 nitrogen and oxygen atoms in total. The molecule has 20 heavy (non-hydrogen) atoms. The Morgan fingerprint density at radius 2 is 2.15 bits per heavy atom. The molecule has 0 bridgehead atoms. The molecule has 0 saturated heterocycles. The van der Waals surface area contributed by atoms with Crippen LogP contribution in [0.2, 0.25) is 0 Å². The predicted molar refractivity (Wildman–Crippen MR) is 78.1 cm³/mol. The molecule has 0 fully saturated rings. The molecule has 1 amide bonds. The Kier molecular flexibility index (Phi) is 6.63. The maximum absolute atomic E-state index is 13.6. The number of ether oxygens (including phenoxy) is 1. The molecule has 0 aromatic heterocycles. The van der Waals surface area contributed by atoms with E-state index in [1.807, 2.05) is 6.92 Å². The lowest BCUT2D eigenvalue weighted by Gasteiger charge is -2.13. The number of halogens is 1. The second kappa shape index (κ2) is 8.24. The first kappa shape index (κ1) is 16.1. The van der Waals surface area contributed by atoms with Crippen molar-refractivity contribution in [2.24, 2.45) is 5.73 Å². The molecule has 112 valence electrons. The Morgan fingerprint density at radius 3 is 2.80 bits per heavy atom. The largest absolute Gasteiger partial charge is 0.490 e. The van der Waals surface area contributed by atoms with E-state index in [0.717, 1.165) is 12.8 Å². The van der Waals surface area contributed by atoms with Gasteiger partial charge in [0.05, 0.1) is 18.0 Å². The van der Waals surface area contributed by atoms with Gasteiger partial charge in [0.1, 0.15) is 0 Å². The number of unbranched alkanes of at least 4 members (excludes halogenated alkanes) is 1. The van der Waals surface area contributed by atoms with Crippen LogP contribution in [0.3, 0.4) is 0 Å². The SMILES string of the molecule is CCCOc1cc(NCCCCC(N)=O)c(N)cc1F. The third-order valence-corrected chi connectivity index (χ3v) is 2.73. The molecule has 6 heteroatoms. The number of carbonyl (C=O) groups excluding carboxylic acids is 1. The van der Waals surface area contributed by atoms with Crippen LogP contribution >= 0.6 is 0 Å². The van der Waals surface area contributed by atoms with Crippen molar-refractivity contribution in [3.63, 3.8) is 0 Å². The fourth-order valence-corrected chi connectivity index (χ4v) is 1.69. The minimum atomic E-state index is -0.463. The quantitative estimate of drug-likeness (QED) is 0.479. The number of nitrogen functional groups attached to an aromatic ring is 1. The standard InChI is InChI=1S/C14H22FN3O2/c1-2-7-20-13-9-12(11(16)8-10(13)15)18-6-4-3-5-14(17)19/h8-9,18H,2-7,16H2,1H3,(H2,17,19). The van der Waals surface area contributed by atoms with Crippen molar-refractivity contribution in [3.05, 3.63) is 17.9 Å². The van der Waals surface area contributed by atoms with Gasteiger partial charge in [-0.3, -0.25) is 4.79 Å². The minimum absolute atomic E-state index is 0.195. The maximum atomic E-state index is 13.6. The molecular weight excluding hydrogens is 261 g/mol. The van der Waals surface area contributed by atoms with E-state index in [1.54, 1.807) is 6.07 Å². The summed E-state index contributed by atoms with van der Waals surface area (Å²) in [6.45, 7) is 3.04. The first-order valence-corrected chi connectivity index (χ1v) is 6.78. The number of anilines is 2. The summed E-state index contributed by atoms with van der Waals surface area (Å²) in [7, 11) is 0. The van der Waals surface area contributed by atoms with Gasteiger partial charge in [0.2, 0.25) is 5.91 Å². The number of hydrogen-bond donors (Lipinski definition) is 3. The molecule has 1 rings (SSSR count). The van der Waals surface area contributed by atoms with Gasteiger partial charge < -0.3 is 21.5 Å². The number of nitrogens with two attached hydrogens (primary N) is 2. The van der Waals surface area contributed by atoms with Gasteiger partial charge in [-0.25, -0.2) is 4.39 Å².